The second-order valence-corrected chi connectivity index (χ2v) is 6.75. The van der Waals surface area contributed by atoms with Crippen molar-refractivity contribution in [3.63, 3.8) is 0 Å². The molecule has 0 atom stereocenters. The van der Waals surface area contributed by atoms with Crippen LogP contribution >= 0.6 is 12.2 Å². The van der Waals surface area contributed by atoms with Crippen LogP contribution in [0.1, 0.15) is 43.2 Å². The molecule has 1 saturated carbocycles. The molecule has 23 heavy (non-hydrogen) atoms. The molecule has 0 radical (unpaired) electrons. The average Bonchev–Trinajstić information content (AvgIpc) is 2.97. The molecule has 1 aromatic carbocycles. The van der Waals surface area contributed by atoms with Crippen LogP contribution in [0.25, 0.3) is 0 Å². The lowest BCUT2D eigenvalue weighted by molar-refractivity contribution is 0.415. The van der Waals surface area contributed by atoms with E-state index in [4.69, 9.17) is 12.2 Å². The number of benzene rings is 1. The molecule has 2 aromatic rings. The van der Waals surface area contributed by atoms with Crippen molar-refractivity contribution in [1.82, 2.24) is 15.1 Å². The van der Waals surface area contributed by atoms with Gasteiger partial charge in [0.05, 0.1) is 18.4 Å². The third-order valence-corrected chi connectivity index (χ3v) is 4.52. The molecule has 2 N–H and O–H groups in total. The number of nitrogens with zero attached hydrogens (tertiary/aromatic N) is 2. The van der Waals surface area contributed by atoms with E-state index < -0.39 is 0 Å². The van der Waals surface area contributed by atoms with Crippen molar-refractivity contribution < 1.29 is 0 Å². The van der Waals surface area contributed by atoms with E-state index in [0.29, 0.717) is 11.2 Å². The quantitative estimate of drug-likeness (QED) is 0.836. The van der Waals surface area contributed by atoms with Gasteiger partial charge in [0.15, 0.2) is 5.11 Å². The van der Waals surface area contributed by atoms with Gasteiger partial charge < -0.3 is 10.6 Å². The summed E-state index contributed by atoms with van der Waals surface area (Å²) in [6.07, 6.45) is 10.2. The molecule has 1 aliphatic rings. The van der Waals surface area contributed by atoms with Crippen LogP contribution in [0, 0.1) is 6.92 Å². The van der Waals surface area contributed by atoms with E-state index in [9.17, 15) is 0 Å². The van der Waals surface area contributed by atoms with E-state index in [0.717, 1.165) is 12.2 Å². The number of aryl methyl sites for hydroxylation is 1. The lowest BCUT2D eigenvalue weighted by Crippen LogP contribution is -2.38. The van der Waals surface area contributed by atoms with Crippen molar-refractivity contribution in [3.05, 3.63) is 47.8 Å². The summed E-state index contributed by atoms with van der Waals surface area (Å²) in [4.78, 5) is 0. The van der Waals surface area contributed by atoms with Gasteiger partial charge in [0.1, 0.15) is 0 Å². The maximum atomic E-state index is 5.41. The standard InChI is InChI=1S/C18H24N4S/c1-14-7-9-15(10-8-14)12-22-13-17(11-19-22)21-18(23)20-16-5-3-2-4-6-16/h7-11,13,16H,2-6,12H2,1H3,(H2,20,21,23). The highest BCUT2D eigenvalue weighted by Crippen LogP contribution is 2.17. The summed E-state index contributed by atoms with van der Waals surface area (Å²) in [6, 6.07) is 9.05. The number of hydrogen-bond donors (Lipinski definition) is 2. The summed E-state index contributed by atoms with van der Waals surface area (Å²) in [5.74, 6) is 0. The maximum Gasteiger partial charge on any atom is 0.171 e. The Morgan fingerprint density at radius 2 is 1.96 bits per heavy atom. The lowest BCUT2D eigenvalue weighted by atomic mass is 9.96. The molecule has 1 fully saturated rings. The highest BCUT2D eigenvalue weighted by atomic mass is 32.1. The van der Waals surface area contributed by atoms with E-state index in [1.54, 1.807) is 0 Å². The van der Waals surface area contributed by atoms with E-state index >= 15 is 0 Å². The third-order valence-electron chi connectivity index (χ3n) is 4.30. The highest BCUT2D eigenvalue weighted by Gasteiger charge is 2.14. The first kappa shape index (κ1) is 16.0. The molecule has 0 bridgehead atoms. The summed E-state index contributed by atoms with van der Waals surface area (Å²) in [7, 11) is 0. The van der Waals surface area contributed by atoms with Gasteiger partial charge in [-0.3, -0.25) is 4.68 Å². The van der Waals surface area contributed by atoms with Gasteiger partial charge in [-0.2, -0.15) is 5.10 Å². The van der Waals surface area contributed by atoms with Gasteiger partial charge in [0.25, 0.3) is 0 Å². The molecule has 5 heteroatoms. The predicted octanol–water partition coefficient (Wildman–Crippen LogP) is 3.86. The summed E-state index contributed by atoms with van der Waals surface area (Å²) in [5.41, 5.74) is 3.45. The summed E-state index contributed by atoms with van der Waals surface area (Å²) in [6.45, 7) is 2.87. The fourth-order valence-corrected chi connectivity index (χ4v) is 3.28. The lowest BCUT2D eigenvalue weighted by Gasteiger charge is -2.24. The van der Waals surface area contributed by atoms with Crippen LogP contribution in [0.2, 0.25) is 0 Å². The number of aromatic nitrogens is 2. The number of nitrogens with one attached hydrogen (secondary N) is 2. The molecule has 0 aliphatic heterocycles. The smallest absolute Gasteiger partial charge is 0.171 e. The van der Waals surface area contributed by atoms with Gasteiger partial charge >= 0.3 is 0 Å². The zero-order valence-electron chi connectivity index (χ0n) is 13.6. The Kier molecular flexibility index (Phi) is 5.28. The number of anilines is 1. The maximum absolute atomic E-state index is 5.41. The first-order chi connectivity index (χ1) is 11.2. The molecule has 1 aliphatic carbocycles. The molecule has 4 nitrogen and oxygen atoms in total. The Morgan fingerprint density at radius 3 is 2.70 bits per heavy atom. The Balaban J connectivity index is 1.52. The van der Waals surface area contributed by atoms with Crippen molar-refractivity contribution in [2.45, 2.75) is 51.6 Å². The van der Waals surface area contributed by atoms with E-state index in [-0.39, 0.29) is 0 Å². The topological polar surface area (TPSA) is 41.9 Å². The van der Waals surface area contributed by atoms with Gasteiger partial charge in [-0.05, 0) is 37.5 Å². The van der Waals surface area contributed by atoms with Crippen molar-refractivity contribution in [1.29, 1.82) is 0 Å². The summed E-state index contributed by atoms with van der Waals surface area (Å²) in [5, 5.41) is 11.8. The van der Waals surface area contributed by atoms with E-state index in [2.05, 4.69) is 46.9 Å². The molecule has 1 aromatic heterocycles. The second kappa shape index (κ2) is 7.59. The van der Waals surface area contributed by atoms with Crippen LogP contribution in [0.15, 0.2) is 36.7 Å². The number of thiocarbonyl (C=S) groups is 1. The number of rotatable bonds is 4. The van der Waals surface area contributed by atoms with E-state index in [1.165, 1.54) is 43.2 Å². The van der Waals surface area contributed by atoms with Crippen LogP contribution in [0.3, 0.4) is 0 Å². The molecular weight excluding hydrogens is 304 g/mol. The minimum absolute atomic E-state index is 0.520. The highest BCUT2D eigenvalue weighted by molar-refractivity contribution is 7.80. The van der Waals surface area contributed by atoms with Gasteiger partial charge in [0, 0.05) is 12.2 Å². The monoisotopic (exact) mass is 328 g/mol. The van der Waals surface area contributed by atoms with Gasteiger partial charge in [0.2, 0.25) is 0 Å². The fourth-order valence-electron chi connectivity index (χ4n) is 2.99. The SMILES string of the molecule is Cc1ccc(Cn2cc(NC(=S)NC3CCCCC3)cn2)cc1. The van der Waals surface area contributed by atoms with E-state index in [1.807, 2.05) is 17.1 Å². The average molecular weight is 328 g/mol. The van der Waals surface area contributed by atoms with Crippen molar-refractivity contribution in [2.75, 3.05) is 5.32 Å². The molecule has 0 saturated heterocycles. The second-order valence-electron chi connectivity index (χ2n) is 6.35. The summed E-state index contributed by atoms with van der Waals surface area (Å²) < 4.78 is 1.93. The van der Waals surface area contributed by atoms with Gasteiger partial charge in [-0.1, -0.05) is 49.1 Å². The first-order valence-electron chi connectivity index (χ1n) is 8.34. The molecule has 0 spiro atoms. The normalized spacial score (nSPS) is 15.3. The molecule has 1 heterocycles. The van der Waals surface area contributed by atoms with Crippen LogP contribution in [-0.2, 0) is 6.54 Å². The Bertz CT molecular complexity index is 641. The molecule has 3 rings (SSSR count). The largest absolute Gasteiger partial charge is 0.360 e. The Morgan fingerprint density at radius 1 is 1.22 bits per heavy atom. The molecule has 0 amide bonds. The van der Waals surface area contributed by atoms with Gasteiger partial charge in [-0.25, -0.2) is 0 Å². The zero-order chi connectivity index (χ0) is 16.1. The zero-order valence-corrected chi connectivity index (χ0v) is 14.4. The molecular formula is C18H24N4S. The minimum Gasteiger partial charge on any atom is -0.360 e. The Hall–Kier alpha value is -1.88. The molecule has 122 valence electrons. The van der Waals surface area contributed by atoms with Crippen LogP contribution < -0.4 is 10.6 Å². The van der Waals surface area contributed by atoms with Crippen LogP contribution in [-0.4, -0.2) is 20.9 Å². The van der Waals surface area contributed by atoms with Crippen molar-refractivity contribution in [2.24, 2.45) is 0 Å². The minimum atomic E-state index is 0.520. The summed E-state index contributed by atoms with van der Waals surface area (Å²) >= 11 is 5.41. The first-order valence-corrected chi connectivity index (χ1v) is 8.75. The fraction of sp³-hybridized carbons (Fsp3) is 0.444. The van der Waals surface area contributed by atoms with Crippen LogP contribution in [0.4, 0.5) is 5.69 Å². The van der Waals surface area contributed by atoms with Gasteiger partial charge in [-0.15, -0.1) is 0 Å². The predicted molar refractivity (Wildman–Crippen MR) is 98.7 cm³/mol. The molecule has 0 unspecified atom stereocenters. The number of hydrogen-bond acceptors (Lipinski definition) is 2. The Labute approximate surface area is 143 Å². The van der Waals surface area contributed by atoms with Crippen molar-refractivity contribution in [3.8, 4) is 0 Å². The van der Waals surface area contributed by atoms with Crippen LogP contribution in [0.5, 0.6) is 0 Å². The van der Waals surface area contributed by atoms with Crippen molar-refractivity contribution >= 4 is 23.0 Å². The third kappa shape index (κ3) is 4.79.